The molecule has 0 unspecified atom stereocenters. The molecule has 0 aliphatic rings. The maximum atomic E-state index is 12.3. The second-order valence-corrected chi connectivity index (χ2v) is 6.86. The van der Waals surface area contributed by atoms with Gasteiger partial charge in [0.2, 0.25) is 0 Å². The molecule has 1 amide bonds. The van der Waals surface area contributed by atoms with Gasteiger partial charge in [-0.25, -0.2) is 0 Å². The Labute approximate surface area is 147 Å². The number of rotatable bonds is 3. The third kappa shape index (κ3) is 3.73. The van der Waals surface area contributed by atoms with Crippen LogP contribution in [0.5, 0.6) is 5.75 Å². The van der Waals surface area contributed by atoms with Gasteiger partial charge in [-0.3, -0.25) is 4.79 Å². The van der Waals surface area contributed by atoms with Crippen LogP contribution in [0.25, 0.3) is 0 Å². The van der Waals surface area contributed by atoms with Crippen LogP contribution in [0.1, 0.15) is 10.4 Å². The Kier molecular flexibility index (Phi) is 5.45. The Morgan fingerprint density at radius 3 is 2.65 bits per heavy atom. The molecule has 0 heterocycles. The Hall–Kier alpha value is -0.600. The van der Waals surface area contributed by atoms with Crippen molar-refractivity contribution < 1.29 is 9.53 Å². The van der Waals surface area contributed by atoms with E-state index in [9.17, 15) is 4.79 Å². The number of hydrogen-bond donors (Lipinski definition) is 1. The molecule has 2 aromatic rings. The second-order valence-electron chi connectivity index (χ2n) is 3.93. The molecule has 0 atom stereocenters. The van der Waals surface area contributed by atoms with E-state index in [1.54, 1.807) is 19.2 Å². The van der Waals surface area contributed by atoms with Gasteiger partial charge in [0.25, 0.3) is 5.91 Å². The van der Waals surface area contributed by atoms with E-state index in [1.165, 1.54) is 0 Å². The average Bonchev–Trinajstić information content (AvgIpc) is 2.43. The lowest BCUT2D eigenvalue weighted by atomic mass is 10.2. The fraction of sp³-hybridized carbons (Fsp3) is 0.0714. The fourth-order valence-electron chi connectivity index (χ4n) is 1.61. The monoisotopic (exact) mass is 509 g/mol. The quantitative estimate of drug-likeness (QED) is 0.585. The van der Waals surface area contributed by atoms with Crippen molar-refractivity contribution in [2.24, 2.45) is 0 Å². The predicted octanol–water partition coefficient (Wildman–Crippen LogP) is 5.08. The predicted molar refractivity (Wildman–Crippen MR) is 95.5 cm³/mol. The highest BCUT2D eigenvalue weighted by molar-refractivity contribution is 14.1. The van der Waals surface area contributed by atoms with Crippen LogP contribution in [0, 0.1) is 3.57 Å². The van der Waals surface area contributed by atoms with Crippen LogP contribution in [0.15, 0.2) is 45.3 Å². The molecule has 0 aromatic heterocycles. The third-order valence-corrected chi connectivity index (χ3v) is 4.67. The molecule has 104 valence electrons. The summed E-state index contributed by atoms with van der Waals surface area (Å²) in [7, 11) is 1.59. The summed E-state index contributed by atoms with van der Waals surface area (Å²) >= 11 is 8.89. The molecule has 3 nitrogen and oxygen atoms in total. The van der Waals surface area contributed by atoms with Gasteiger partial charge in [-0.15, -0.1) is 0 Å². The number of ether oxygens (including phenoxy) is 1. The van der Waals surface area contributed by atoms with Crippen LogP contribution in [0.2, 0.25) is 0 Å². The first kappa shape index (κ1) is 15.8. The highest BCUT2D eigenvalue weighted by Crippen LogP contribution is 2.28. The number of carbonyl (C=O) groups is 1. The number of halogens is 3. The van der Waals surface area contributed by atoms with Crippen molar-refractivity contribution >= 4 is 66.0 Å². The van der Waals surface area contributed by atoms with Gasteiger partial charge in [0.15, 0.2) is 0 Å². The van der Waals surface area contributed by atoms with Crippen molar-refractivity contribution in [1.82, 2.24) is 0 Å². The molecule has 20 heavy (non-hydrogen) atoms. The van der Waals surface area contributed by atoms with Crippen LogP contribution in [-0.2, 0) is 0 Å². The highest BCUT2D eigenvalue weighted by Gasteiger charge is 2.11. The van der Waals surface area contributed by atoms with Gasteiger partial charge in [-0.1, -0.05) is 15.9 Å². The number of methoxy groups -OCH3 is 1. The summed E-state index contributed by atoms with van der Waals surface area (Å²) in [4.78, 5) is 12.3. The maximum Gasteiger partial charge on any atom is 0.256 e. The van der Waals surface area contributed by atoms with Gasteiger partial charge < -0.3 is 10.1 Å². The summed E-state index contributed by atoms with van der Waals surface area (Å²) < 4.78 is 7.82. The topological polar surface area (TPSA) is 38.3 Å². The van der Waals surface area contributed by atoms with Gasteiger partial charge in [-0.2, -0.15) is 0 Å². The minimum atomic E-state index is -0.153. The van der Waals surface area contributed by atoms with Gasteiger partial charge in [-0.05, 0) is 68.9 Å². The van der Waals surface area contributed by atoms with Crippen molar-refractivity contribution in [2.75, 3.05) is 12.4 Å². The molecular formula is C14H10Br2INO2. The van der Waals surface area contributed by atoms with E-state index in [4.69, 9.17) is 4.74 Å². The van der Waals surface area contributed by atoms with Crippen molar-refractivity contribution in [3.63, 3.8) is 0 Å². The zero-order chi connectivity index (χ0) is 14.7. The number of benzene rings is 2. The molecule has 0 saturated carbocycles. The van der Waals surface area contributed by atoms with E-state index in [0.717, 1.165) is 12.5 Å². The Morgan fingerprint density at radius 2 is 1.95 bits per heavy atom. The van der Waals surface area contributed by atoms with Gasteiger partial charge in [0.1, 0.15) is 5.75 Å². The van der Waals surface area contributed by atoms with E-state index >= 15 is 0 Å². The SMILES string of the molecule is COc1cc(NC(=O)c2cc(Br)ccc2I)ccc1Br. The molecule has 2 aromatic carbocycles. The first-order chi connectivity index (χ1) is 9.51. The second kappa shape index (κ2) is 6.91. The van der Waals surface area contributed by atoms with Crippen LogP contribution in [0.3, 0.4) is 0 Å². The largest absolute Gasteiger partial charge is 0.495 e. The van der Waals surface area contributed by atoms with Crippen molar-refractivity contribution in [2.45, 2.75) is 0 Å². The van der Waals surface area contributed by atoms with Crippen LogP contribution in [0.4, 0.5) is 5.69 Å². The molecule has 0 saturated heterocycles. The number of nitrogens with one attached hydrogen (secondary N) is 1. The van der Waals surface area contributed by atoms with Gasteiger partial charge >= 0.3 is 0 Å². The minimum absolute atomic E-state index is 0.153. The third-order valence-electron chi connectivity index (χ3n) is 2.58. The van der Waals surface area contributed by atoms with E-state index < -0.39 is 0 Å². The molecule has 0 radical (unpaired) electrons. The molecule has 2 rings (SSSR count). The zero-order valence-corrected chi connectivity index (χ0v) is 15.7. The van der Waals surface area contributed by atoms with Crippen LogP contribution >= 0.6 is 54.5 Å². The Balaban J connectivity index is 2.25. The summed E-state index contributed by atoms with van der Waals surface area (Å²) in [5.74, 6) is 0.520. The summed E-state index contributed by atoms with van der Waals surface area (Å²) in [6.07, 6.45) is 0. The first-order valence-corrected chi connectivity index (χ1v) is 8.27. The molecule has 0 fully saturated rings. The normalized spacial score (nSPS) is 10.2. The number of amides is 1. The summed E-state index contributed by atoms with van der Waals surface area (Å²) in [5.41, 5.74) is 1.31. The lowest BCUT2D eigenvalue weighted by molar-refractivity contribution is 0.102. The standard InChI is InChI=1S/C14H10Br2INO2/c1-20-13-7-9(3-4-11(13)16)18-14(19)10-6-8(15)2-5-12(10)17/h2-7H,1H3,(H,18,19). The number of carbonyl (C=O) groups excluding carboxylic acids is 1. The Morgan fingerprint density at radius 1 is 1.20 bits per heavy atom. The average molecular weight is 511 g/mol. The molecular weight excluding hydrogens is 501 g/mol. The summed E-state index contributed by atoms with van der Waals surface area (Å²) in [5, 5.41) is 2.86. The van der Waals surface area contributed by atoms with Crippen LogP contribution < -0.4 is 10.1 Å². The first-order valence-electron chi connectivity index (χ1n) is 5.61. The lowest BCUT2D eigenvalue weighted by Gasteiger charge is -2.10. The number of anilines is 1. The molecule has 6 heteroatoms. The van der Waals surface area contributed by atoms with Crippen molar-refractivity contribution in [1.29, 1.82) is 0 Å². The van der Waals surface area contributed by atoms with Gasteiger partial charge in [0, 0.05) is 19.8 Å². The maximum absolute atomic E-state index is 12.3. The minimum Gasteiger partial charge on any atom is -0.495 e. The summed E-state index contributed by atoms with van der Waals surface area (Å²) in [6.45, 7) is 0. The summed E-state index contributed by atoms with van der Waals surface area (Å²) in [6, 6.07) is 11.0. The van der Waals surface area contributed by atoms with E-state index in [-0.39, 0.29) is 5.91 Å². The smallest absolute Gasteiger partial charge is 0.256 e. The van der Waals surface area contributed by atoms with Gasteiger partial charge in [0.05, 0.1) is 17.1 Å². The molecule has 0 spiro atoms. The van der Waals surface area contributed by atoms with E-state index in [2.05, 4.69) is 59.8 Å². The van der Waals surface area contributed by atoms with Crippen molar-refractivity contribution in [3.05, 3.63) is 54.5 Å². The molecule has 0 bridgehead atoms. The molecule has 1 N–H and O–H groups in total. The van der Waals surface area contributed by atoms with E-state index in [0.29, 0.717) is 17.0 Å². The highest BCUT2D eigenvalue weighted by atomic mass is 127. The van der Waals surface area contributed by atoms with Crippen LogP contribution in [-0.4, -0.2) is 13.0 Å². The lowest BCUT2D eigenvalue weighted by Crippen LogP contribution is -2.13. The number of hydrogen-bond acceptors (Lipinski definition) is 2. The van der Waals surface area contributed by atoms with Crippen molar-refractivity contribution in [3.8, 4) is 5.75 Å². The zero-order valence-electron chi connectivity index (χ0n) is 10.4. The fourth-order valence-corrected chi connectivity index (χ4v) is 2.96. The molecule has 0 aliphatic heterocycles. The van der Waals surface area contributed by atoms with E-state index in [1.807, 2.05) is 24.3 Å². The molecule has 0 aliphatic carbocycles. The Bertz CT molecular complexity index is 662.